The summed E-state index contributed by atoms with van der Waals surface area (Å²) in [5.41, 5.74) is 1.33. The maximum absolute atomic E-state index is 12.2. The number of hydrogen-bond acceptors (Lipinski definition) is 4. The fourth-order valence-electron chi connectivity index (χ4n) is 3.63. The summed E-state index contributed by atoms with van der Waals surface area (Å²) in [6.45, 7) is 5.70. The highest BCUT2D eigenvalue weighted by atomic mass is 16.5. The van der Waals surface area contributed by atoms with Gasteiger partial charge in [0.25, 0.3) is 0 Å². The second kappa shape index (κ2) is 7.43. The Morgan fingerprint density at radius 3 is 2.70 bits per heavy atom. The lowest BCUT2D eigenvalue weighted by atomic mass is 9.86. The van der Waals surface area contributed by atoms with Gasteiger partial charge in [0.2, 0.25) is 5.91 Å². The molecule has 2 heterocycles. The number of benzene rings is 1. The summed E-state index contributed by atoms with van der Waals surface area (Å²) in [6.07, 6.45) is 2.12. The van der Waals surface area contributed by atoms with Crippen LogP contribution >= 0.6 is 0 Å². The molecule has 1 N–H and O–H groups in total. The smallest absolute Gasteiger partial charge is 0.234 e. The molecule has 126 valence electrons. The number of carbonyl (C=O) groups excluding carboxylic acids is 1. The Hall–Kier alpha value is -1.43. The fraction of sp³-hybridized carbons (Fsp3) is 0.611. The van der Waals surface area contributed by atoms with Crippen LogP contribution in [-0.4, -0.2) is 67.7 Å². The first kappa shape index (κ1) is 16.4. The van der Waals surface area contributed by atoms with Crippen molar-refractivity contribution in [1.29, 1.82) is 0 Å². The van der Waals surface area contributed by atoms with Gasteiger partial charge in [-0.2, -0.15) is 0 Å². The van der Waals surface area contributed by atoms with Crippen LogP contribution in [0.5, 0.6) is 0 Å². The van der Waals surface area contributed by atoms with E-state index in [0.717, 1.165) is 51.3 Å². The lowest BCUT2D eigenvalue weighted by Gasteiger charge is -2.51. The summed E-state index contributed by atoms with van der Waals surface area (Å²) in [6, 6.07) is 10.1. The molecule has 0 bridgehead atoms. The van der Waals surface area contributed by atoms with E-state index in [4.69, 9.17) is 4.74 Å². The molecule has 2 fully saturated rings. The van der Waals surface area contributed by atoms with E-state index in [2.05, 4.69) is 22.2 Å². The van der Waals surface area contributed by atoms with Gasteiger partial charge >= 0.3 is 0 Å². The van der Waals surface area contributed by atoms with E-state index in [1.165, 1.54) is 0 Å². The summed E-state index contributed by atoms with van der Waals surface area (Å²) >= 11 is 0. The van der Waals surface area contributed by atoms with Crippen LogP contribution in [0.4, 0.5) is 0 Å². The normalized spacial score (nSPS) is 22.1. The highest BCUT2D eigenvalue weighted by Gasteiger charge is 2.41. The Morgan fingerprint density at radius 1 is 1.22 bits per heavy atom. The zero-order valence-electron chi connectivity index (χ0n) is 14.0. The van der Waals surface area contributed by atoms with Crippen molar-refractivity contribution in [1.82, 2.24) is 15.1 Å². The summed E-state index contributed by atoms with van der Waals surface area (Å²) in [5, 5.41) is 3.03. The number of likely N-dealkylation sites (N-methyl/N-ethyl adjacent to an activating group) is 1. The highest BCUT2D eigenvalue weighted by molar-refractivity contribution is 5.78. The van der Waals surface area contributed by atoms with Crippen molar-refractivity contribution < 1.29 is 9.53 Å². The molecule has 0 radical (unpaired) electrons. The number of piperazine rings is 1. The topological polar surface area (TPSA) is 44.8 Å². The summed E-state index contributed by atoms with van der Waals surface area (Å²) in [5.74, 6) is 0.112. The molecule has 0 unspecified atom stereocenters. The monoisotopic (exact) mass is 317 g/mol. The molecule has 2 saturated heterocycles. The molecule has 23 heavy (non-hydrogen) atoms. The van der Waals surface area contributed by atoms with Gasteiger partial charge in [-0.3, -0.25) is 14.6 Å². The van der Waals surface area contributed by atoms with Crippen LogP contribution in [0.15, 0.2) is 30.3 Å². The van der Waals surface area contributed by atoms with Crippen molar-refractivity contribution in [3.05, 3.63) is 35.9 Å². The van der Waals surface area contributed by atoms with Crippen LogP contribution in [0.25, 0.3) is 0 Å². The van der Waals surface area contributed by atoms with Crippen LogP contribution in [0, 0.1) is 0 Å². The molecule has 2 aliphatic rings. The van der Waals surface area contributed by atoms with Gasteiger partial charge in [0.05, 0.1) is 6.54 Å². The average Bonchev–Trinajstić information content (AvgIpc) is 2.58. The number of hydrogen-bond donors (Lipinski definition) is 1. The Balaban J connectivity index is 1.50. The van der Waals surface area contributed by atoms with E-state index >= 15 is 0 Å². The first-order valence-corrected chi connectivity index (χ1v) is 8.50. The third-order valence-corrected chi connectivity index (χ3v) is 5.20. The molecule has 0 aliphatic carbocycles. The Labute approximate surface area is 138 Å². The van der Waals surface area contributed by atoms with Crippen molar-refractivity contribution >= 4 is 5.91 Å². The van der Waals surface area contributed by atoms with Crippen molar-refractivity contribution in [2.24, 2.45) is 0 Å². The predicted octanol–water partition coefficient (Wildman–Crippen LogP) is 1.10. The molecular weight excluding hydrogens is 290 g/mol. The van der Waals surface area contributed by atoms with Gasteiger partial charge in [0.15, 0.2) is 0 Å². The molecule has 3 rings (SSSR count). The summed E-state index contributed by atoms with van der Waals surface area (Å²) in [7, 11) is 2.21. The molecule has 1 spiro atoms. The van der Waals surface area contributed by atoms with E-state index in [9.17, 15) is 4.79 Å². The lowest BCUT2D eigenvalue weighted by molar-refractivity contribution is -0.124. The molecule has 0 saturated carbocycles. The molecule has 2 aliphatic heterocycles. The molecule has 0 atom stereocenters. The third-order valence-electron chi connectivity index (χ3n) is 5.20. The predicted molar refractivity (Wildman–Crippen MR) is 90.1 cm³/mol. The van der Waals surface area contributed by atoms with Gasteiger partial charge in [-0.05, 0) is 25.5 Å². The standard InChI is InChI=1S/C18H27N3O2/c1-20-9-10-21(15-18(20)7-11-23-12-8-18)14-17(22)19-13-16-5-3-2-4-6-16/h2-6H,7-15H2,1H3,(H,19,22). The van der Waals surface area contributed by atoms with Gasteiger partial charge in [-0.25, -0.2) is 0 Å². The molecule has 1 aromatic rings. The third kappa shape index (κ3) is 4.10. The Bertz CT molecular complexity index is 514. The van der Waals surface area contributed by atoms with E-state index in [1.54, 1.807) is 0 Å². The number of rotatable bonds is 4. The van der Waals surface area contributed by atoms with Crippen molar-refractivity contribution in [2.45, 2.75) is 24.9 Å². The maximum Gasteiger partial charge on any atom is 0.234 e. The summed E-state index contributed by atoms with van der Waals surface area (Å²) < 4.78 is 5.52. The molecular formula is C18H27N3O2. The molecule has 1 aromatic carbocycles. The van der Waals surface area contributed by atoms with Crippen LogP contribution in [-0.2, 0) is 16.1 Å². The SMILES string of the molecule is CN1CCN(CC(=O)NCc2ccccc2)CC12CCOCC2. The fourth-order valence-corrected chi connectivity index (χ4v) is 3.63. The van der Waals surface area contributed by atoms with Crippen LogP contribution < -0.4 is 5.32 Å². The number of nitrogens with zero attached hydrogens (tertiary/aromatic N) is 2. The maximum atomic E-state index is 12.2. The molecule has 0 aromatic heterocycles. The quantitative estimate of drug-likeness (QED) is 0.903. The van der Waals surface area contributed by atoms with Gasteiger partial charge < -0.3 is 10.1 Å². The minimum atomic E-state index is 0.112. The molecule has 5 heteroatoms. The Morgan fingerprint density at radius 2 is 1.96 bits per heavy atom. The van der Waals surface area contributed by atoms with E-state index in [0.29, 0.717) is 13.1 Å². The van der Waals surface area contributed by atoms with Crippen LogP contribution in [0.3, 0.4) is 0 Å². The van der Waals surface area contributed by atoms with E-state index in [1.807, 2.05) is 30.3 Å². The molecule has 5 nitrogen and oxygen atoms in total. The lowest BCUT2D eigenvalue weighted by Crippen LogP contribution is -2.63. The Kier molecular flexibility index (Phi) is 5.30. The number of carbonyl (C=O) groups is 1. The van der Waals surface area contributed by atoms with E-state index < -0.39 is 0 Å². The van der Waals surface area contributed by atoms with Gasteiger partial charge in [0, 0.05) is 44.9 Å². The first-order valence-electron chi connectivity index (χ1n) is 8.50. The zero-order valence-corrected chi connectivity index (χ0v) is 14.0. The van der Waals surface area contributed by atoms with Crippen LogP contribution in [0.1, 0.15) is 18.4 Å². The zero-order chi connectivity index (χ0) is 16.1. The second-order valence-corrected chi connectivity index (χ2v) is 6.73. The van der Waals surface area contributed by atoms with Gasteiger partial charge in [0.1, 0.15) is 0 Å². The minimum absolute atomic E-state index is 0.112. The molecule has 1 amide bonds. The van der Waals surface area contributed by atoms with Crippen LogP contribution in [0.2, 0.25) is 0 Å². The minimum Gasteiger partial charge on any atom is -0.381 e. The number of amides is 1. The average molecular weight is 317 g/mol. The van der Waals surface area contributed by atoms with E-state index in [-0.39, 0.29) is 11.4 Å². The van der Waals surface area contributed by atoms with Crippen molar-refractivity contribution in [3.8, 4) is 0 Å². The largest absolute Gasteiger partial charge is 0.381 e. The van der Waals surface area contributed by atoms with Gasteiger partial charge in [-0.1, -0.05) is 30.3 Å². The number of nitrogens with one attached hydrogen (secondary N) is 1. The second-order valence-electron chi connectivity index (χ2n) is 6.73. The van der Waals surface area contributed by atoms with Crippen molar-refractivity contribution in [2.75, 3.05) is 46.4 Å². The van der Waals surface area contributed by atoms with Gasteiger partial charge in [-0.15, -0.1) is 0 Å². The summed E-state index contributed by atoms with van der Waals surface area (Å²) in [4.78, 5) is 17.0. The number of ether oxygens (including phenoxy) is 1. The first-order chi connectivity index (χ1) is 11.2. The highest BCUT2D eigenvalue weighted by Crippen LogP contribution is 2.30. The van der Waals surface area contributed by atoms with Crippen molar-refractivity contribution in [3.63, 3.8) is 0 Å².